The van der Waals surface area contributed by atoms with Gasteiger partial charge in [0.15, 0.2) is 0 Å². The van der Waals surface area contributed by atoms with Crippen molar-refractivity contribution in [1.82, 2.24) is 4.90 Å². The molecular formula is C12H19NO3. The second kappa shape index (κ2) is 4.85. The third kappa shape index (κ3) is 2.54. The highest BCUT2D eigenvalue weighted by atomic mass is 16.5. The Bertz CT molecular complexity index is 282. The smallest absolute Gasteiger partial charge is 0.325 e. The first-order valence-corrected chi connectivity index (χ1v) is 6.18. The zero-order valence-electron chi connectivity index (χ0n) is 9.78. The highest BCUT2D eigenvalue weighted by Crippen LogP contribution is 2.33. The number of carbonyl (C=O) groups is 2. The second-order valence-corrected chi connectivity index (χ2v) is 4.63. The SMILES string of the molecule is CCOC(=O)CN(C(=O)C1CCC1)C1CC1. The molecule has 2 saturated carbocycles. The molecule has 0 unspecified atom stereocenters. The average molecular weight is 225 g/mol. The van der Waals surface area contributed by atoms with Crippen molar-refractivity contribution in [2.45, 2.75) is 45.1 Å². The largest absolute Gasteiger partial charge is 0.465 e. The summed E-state index contributed by atoms with van der Waals surface area (Å²) in [7, 11) is 0. The van der Waals surface area contributed by atoms with Gasteiger partial charge in [-0.2, -0.15) is 0 Å². The van der Waals surface area contributed by atoms with Crippen molar-refractivity contribution in [1.29, 1.82) is 0 Å². The fourth-order valence-corrected chi connectivity index (χ4v) is 2.01. The Kier molecular flexibility index (Phi) is 3.46. The maximum Gasteiger partial charge on any atom is 0.325 e. The zero-order chi connectivity index (χ0) is 11.5. The molecule has 16 heavy (non-hydrogen) atoms. The molecule has 0 heterocycles. The average Bonchev–Trinajstić information content (AvgIpc) is 2.94. The summed E-state index contributed by atoms with van der Waals surface area (Å²) in [6, 6.07) is 0.303. The van der Waals surface area contributed by atoms with Crippen LogP contribution in [0.3, 0.4) is 0 Å². The van der Waals surface area contributed by atoms with E-state index in [4.69, 9.17) is 4.74 Å². The predicted molar refractivity (Wildman–Crippen MR) is 58.7 cm³/mol. The minimum absolute atomic E-state index is 0.147. The number of ether oxygens (including phenoxy) is 1. The van der Waals surface area contributed by atoms with E-state index in [1.807, 2.05) is 0 Å². The van der Waals surface area contributed by atoms with Crippen LogP contribution in [0, 0.1) is 5.92 Å². The third-order valence-corrected chi connectivity index (χ3v) is 3.33. The number of nitrogens with zero attached hydrogens (tertiary/aromatic N) is 1. The minimum Gasteiger partial charge on any atom is -0.465 e. The fourth-order valence-electron chi connectivity index (χ4n) is 2.01. The van der Waals surface area contributed by atoms with E-state index in [-0.39, 0.29) is 24.3 Å². The van der Waals surface area contributed by atoms with E-state index in [1.165, 1.54) is 0 Å². The number of amides is 1. The van der Waals surface area contributed by atoms with Crippen molar-refractivity contribution in [3.05, 3.63) is 0 Å². The maximum atomic E-state index is 12.1. The van der Waals surface area contributed by atoms with Gasteiger partial charge in [-0.25, -0.2) is 0 Å². The summed E-state index contributed by atoms with van der Waals surface area (Å²) in [4.78, 5) is 25.2. The lowest BCUT2D eigenvalue weighted by molar-refractivity contribution is -0.151. The Morgan fingerprint density at radius 3 is 2.38 bits per heavy atom. The van der Waals surface area contributed by atoms with E-state index in [0.29, 0.717) is 12.6 Å². The Labute approximate surface area is 95.9 Å². The molecule has 0 atom stereocenters. The van der Waals surface area contributed by atoms with Gasteiger partial charge in [0.2, 0.25) is 5.91 Å². The fraction of sp³-hybridized carbons (Fsp3) is 0.833. The van der Waals surface area contributed by atoms with Crippen LogP contribution in [0.2, 0.25) is 0 Å². The van der Waals surface area contributed by atoms with Gasteiger partial charge in [-0.1, -0.05) is 6.42 Å². The van der Waals surface area contributed by atoms with Crippen molar-refractivity contribution < 1.29 is 14.3 Å². The van der Waals surface area contributed by atoms with Gasteiger partial charge in [-0.05, 0) is 32.6 Å². The molecule has 0 aliphatic heterocycles. The summed E-state index contributed by atoms with van der Waals surface area (Å²) in [5.41, 5.74) is 0. The lowest BCUT2D eigenvalue weighted by Gasteiger charge is -2.31. The Morgan fingerprint density at radius 2 is 1.94 bits per heavy atom. The number of hydrogen-bond acceptors (Lipinski definition) is 3. The van der Waals surface area contributed by atoms with Crippen LogP contribution in [-0.4, -0.2) is 36.0 Å². The van der Waals surface area contributed by atoms with E-state index in [2.05, 4.69) is 0 Å². The monoisotopic (exact) mass is 225 g/mol. The van der Waals surface area contributed by atoms with E-state index < -0.39 is 0 Å². The molecule has 4 nitrogen and oxygen atoms in total. The van der Waals surface area contributed by atoms with Crippen LogP contribution in [0.15, 0.2) is 0 Å². The first-order valence-electron chi connectivity index (χ1n) is 6.18. The molecule has 0 spiro atoms. The normalized spacial score (nSPS) is 20.1. The summed E-state index contributed by atoms with van der Waals surface area (Å²) in [5.74, 6) is 0.0684. The van der Waals surface area contributed by atoms with Crippen molar-refractivity contribution >= 4 is 11.9 Å². The lowest BCUT2D eigenvalue weighted by Crippen LogP contribution is -2.43. The first-order chi connectivity index (χ1) is 7.72. The molecule has 0 aromatic heterocycles. The summed E-state index contributed by atoms with van der Waals surface area (Å²) in [5, 5.41) is 0. The van der Waals surface area contributed by atoms with Gasteiger partial charge in [-0.15, -0.1) is 0 Å². The van der Waals surface area contributed by atoms with E-state index in [9.17, 15) is 9.59 Å². The van der Waals surface area contributed by atoms with Crippen LogP contribution in [0.5, 0.6) is 0 Å². The lowest BCUT2D eigenvalue weighted by atomic mass is 9.84. The highest BCUT2D eigenvalue weighted by molar-refractivity contribution is 5.84. The van der Waals surface area contributed by atoms with Crippen LogP contribution in [0.4, 0.5) is 0 Å². The standard InChI is InChI=1S/C12H19NO3/c1-2-16-11(14)8-13(10-6-7-10)12(15)9-4-3-5-9/h9-10H,2-8H2,1H3. The topological polar surface area (TPSA) is 46.6 Å². The zero-order valence-corrected chi connectivity index (χ0v) is 9.78. The van der Waals surface area contributed by atoms with Crippen LogP contribution >= 0.6 is 0 Å². The van der Waals surface area contributed by atoms with Crippen molar-refractivity contribution in [2.75, 3.05) is 13.2 Å². The van der Waals surface area contributed by atoms with Gasteiger partial charge in [0.1, 0.15) is 6.54 Å². The quantitative estimate of drug-likeness (QED) is 0.663. The molecular weight excluding hydrogens is 206 g/mol. The van der Waals surface area contributed by atoms with E-state index in [0.717, 1.165) is 32.1 Å². The molecule has 1 amide bonds. The maximum absolute atomic E-state index is 12.1. The number of hydrogen-bond donors (Lipinski definition) is 0. The second-order valence-electron chi connectivity index (χ2n) is 4.63. The molecule has 0 bridgehead atoms. The van der Waals surface area contributed by atoms with Crippen LogP contribution < -0.4 is 0 Å². The molecule has 2 rings (SSSR count). The minimum atomic E-state index is -0.276. The number of rotatable bonds is 5. The van der Waals surface area contributed by atoms with Gasteiger partial charge in [-0.3, -0.25) is 9.59 Å². The number of carbonyl (C=O) groups excluding carboxylic acids is 2. The van der Waals surface area contributed by atoms with Crippen LogP contribution in [0.1, 0.15) is 39.0 Å². The molecule has 0 aromatic carbocycles. The van der Waals surface area contributed by atoms with Gasteiger partial charge in [0.25, 0.3) is 0 Å². The van der Waals surface area contributed by atoms with Gasteiger partial charge >= 0.3 is 5.97 Å². The molecule has 0 aromatic rings. The van der Waals surface area contributed by atoms with Crippen LogP contribution in [0.25, 0.3) is 0 Å². The Morgan fingerprint density at radius 1 is 1.25 bits per heavy atom. The first kappa shape index (κ1) is 11.4. The molecule has 0 N–H and O–H groups in total. The molecule has 90 valence electrons. The predicted octanol–water partition coefficient (Wildman–Crippen LogP) is 1.34. The molecule has 2 aliphatic carbocycles. The molecule has 0 radical (unpaired) electrons. The Hall–Kier alpha value is -1.06. The van der Waals surface area contributed by atoms with Gasteiger partial charge in [0.05, 0.1) is 6.61 Å². The van der Waals surface area contributed by atoms with Crippen molar-refractivity contribution in [3.63, 3.8) is 0 Å². The molecule has 0 saturated heterocycles. The van der Waals surface area contributed by atoms with Crippen molar-refractivity contribution in [2.24, 2.45) is 5.92 Å². The summed E-state index contributed by atoms with van der Waals surface area (Å²) >= 11 is 0. The van der Waals surface area contributed by atoms with E-state index >= 15 is 0 Å². The summed E-state index contributed by atoms with van der Waals surface area (Å²) < 4.78 is 4.90. The molecule has 2 fully saturated rings. The Balaban J connectivity index is 1.88. The van der Waals surface area contributed by atoms with Gasteiger partial charge < -0.3 is 9.64 Å². The third-order valence-electron chi connectivity index (χ3n) is 3.33. The van der Waals surface area contributed by atoms with Gasteiger partial charge in [0, 0.05) is 12.0 Å². The summed E-state index contributed by atoms with van der Waals surface area (Å²) in [6.07, 6.45) is 5.21. The van der Waals surface area contributed by atoms with Crippen LogP contribution in [-0.2, 0) is 14.3 Å². The van der Waals surface area contributed by atoms with E-state index in [1.54, 1.807) is 11.8 Å². The van der Waals surface area contributed by atoms with Crippen molar-refractivity contribution in [3.8, 4) is 0 Å². The highest BCUT2D eigenvalue weighted by Gasteiger charge is 2.38. The number of esters is 1. The molecule has 4 heteroatoms. The molecule has 2 aliphatic rings. The summed E-state index contributed by atoms with van der Waals surface area (Å²) in [6.45, 7) is 2.32.